The molecule has 2 aliphatic rings. The van der Waals surface area contributed by atoms with Crippen molar-refractivity contribution in [3.05, 3.63) is 101 Å². The summed E-state index contributed by atoms with van der Waals surface area (Å²) in [5.74, 6) is -5.28. The number of benzene rings is 3. The molecule has 5 rings (SSSR count). The van der Waals surface area contributed by atoms with Gasteiger partial charge in [0.2, 0.25) is 11.8 Å². The van der Waals surface area contributed by atoms with Crippen LogP contribution in [0.5, 0.6) is 0 Å². The summed E-state index contributed by atoms with van der Waals surface area (Å²) in [6, 6.07) is 9.58. The van der Waals surface area contributed by atoms with E-state index in [1.807, 2.05) is 0 Å². The van der Waals surface area contributed by atoms with Gasteiger partial charge in [0.15, 0.2) is 9.84 Å². The number of hydrogen-bond donors (Lipinski definition) is 0. The number of amides is 2. The fraction of sp³-hybridized carbons (Fsp3) is 0.400. The van der Waals surface area contributed by atoms with Gasteiger partial charge < -0.3 is 14.5 Å². The third-order valence-electron chi connectivity index (χ3n) is 9.72. The average Bonchev–Trinajstić information content (AvgIpc) is 3.56. The summed E-state index contributed by atoms with van der Waals surface area (Å²) in [7, 11) is -4.66. The van der Waals surface area contributed by atoms with E-state index in [9.17, 15) is 57.5 Å². The molecule has 18 heteroatoms. The second-order valence-corrected chi connectivity index (χ2v) is 15.0. The lowest BCUT2D eigenvalue weighted by atomic mass is 9.88. The van der Waals surface area contributed by atoms with Crippen LogP contribution in [0.4, 0.5) is 39.5 Å². The summed E-state index contributed by atoms with van der Waals surface area (Å²) in [6.45, 7) is -2.26. The zero-order chi connectivity index (χ0) is 39.0. The van der Waals surface area contributed by atoms with Crippen LogP contribution in [0.1, 0.15) is 42.4 Å². The molecule has 0 aromatic heterocycles. The number of nitrogens with zero attached hydrogens (tertiary/aromatic N) is 3. The molecule has 2 fully saturated rings. The number of halogens is 9. The van der Waals surface area contributed by atoms with Gasteiger partial charge >= 0.3 is 12.4 Å². The number of alkyl halides is 6. The third-order valence-corrected chi connectivity index (χ3v) is 12.2. The molecule has 284 valence electrons. The zero-order valence-corrected chi connectivity index (χ0v) is 28.3. The van der Waals surface area contributed by atoms with Gasteiger partial charge in [0.05, 0.1) is 17.6 Å². The van der Waals surface area contributed by atoms with E-state index in [0.29, 0.717) is 24.3 Å². The van der Waals surface area contributed by atoms with Crippen LogP contribution in [0.2, 0.25) is 0 Å². The monoisotopic (exact) mass is 775 g/mol. The molecule has 53 heavy (non-hydrogen) atoms. The van der Waals surface area contributed by atoms with E-state index in [4.69, 9.17) is 5.26 Å². The lowest BCUT2D eigenvalue weighted by Gasteiger charge is -2.38. The Bertz CT molecular complexity index is 1960. The lowest BCUT2D eigenvalue weighted by Crippen LogP contribution is -2.56. The quantitative estimate of drug-likeness (QED) is 0.177. The zero-order valence-electron chi connectivity index (χ0n) is 27.5. The number of ether oxygens (including phenoxy) is 1. The number of rotatable bonds is 9. The van der Waals surface area contributed by atoms with Crippen molar-refractivity contribution >= 4 is 21.7 Å². The first-order valence-corrected chi connectivity index (χ1v) is 17.5. The van der Waals surface area contributed by atoms with Crippen LogP contribution in [0, 0.1) is 34.7 Å². The van der Waals surface area contributed by atoms with Gasteiger partial charge in [0.25, 0.3) is 5.60 Å². The van der Waals surface area contributed by atoms with E-state index < -0.39 is 96.9 Å². The van der Waals surface area contributed by atoms with Gasteiger partial charge in [-0.25, -0.2) is 21.6 Å². The van der Waals surface area contributed by atoms with Gasteiger partial charge in [-0.05, 0) is 61.2 Å². The Morgan fingerprint density at radius 2 is 1.40 bits per heavy atom. The van der Waals surface area contributed by atoms with Gasteiger partial charge in [0.1, 0.15) is 28.6 Å². The number of likely N-dealkylation sites (tertiary alicyclic amines) is 2. The first kappa shape index (κ1) is 39.6. The fourth-order valence-electron chi connectivity index (χ4n) is 6.83. The van der Waals surface area contributed by atoms with Crippen molar-refractivity contribution in [2.45, 2.75) is 59.9 Å². The van der Waals surface area contributed by atoms with E-state index in [2.05, 4.69) is 4.74 Å². The Balaban J connectivity index is 1.53. The molecule has 0 radical (unpaired) electrons. The van der Waals surface area contributed by atoms with Crippen molar-refractivity contribution in [1.82, 2.24) is 9.80 Å². The molecule has 2 aliphatic heterocycles. The molecule has 3 aromatic rings. The Hall–Kier alpha value is -4.63. The van der Waals surface area contributed by atoms with Gasteiger partial charge in [-0.1, -0.05) is 30.3 Å². The summed E-state index contributed by atoms with van der Waals surface area (Å²) in [5, 5.41) is 8.81. The largest absolute Gasteiger partial charge is 0.430 e. The van der Waals surface area contributed by atoms with Crippen molar-refractivity contribution in [2.75, 3.05) is 26.2 Å². The van der Waals surface area contributed by atoms with Crippen LogP contribution < -0.4 is 0 Å². The van der Waals surface area contributed by atoms with Crippen molar-refractivity contribution in [3.63, 3.8) is 0 Å². The fourth-order valence-corrected chi connectivity index (χ4v) is 8.91. The molecule has 0 aliphatic carbocycles. The first-order valence-electron chi connectivity index (χ1n) is 16.0. The van der Waals surface area contributed by atoms with E-state index >= 15 is 0 Å². The van der Waals surface area contributed by atoms with E-state index in [-0.39, 0.29) is 50.9 Å². The van der Waals surface area contributed by atoms with Crippen LogP contribution in [-0.4, -0.2) is 68.6 Å². The first-order chi connectivity index (χ1) is 24.8. The maximum absolute atomic E-state index is 14.6. The van der Waals surface area contributed by atoms with Gasteiger partial charge in [0, 0.05) is 43.2 Å². The van der Waals surface area contributed by atoms with E-state index in [1.165, 1.54) is 9.80 Å². The SMILES string of the molecule is N#CCC(=O)N1CCC(C(=O)N2CCC(c3ccc(C(OCc4c(F)cccc4F)(C(F)(F)F)C(F)(F)F)cc3)(S(=O)(=O)c3ccc(F)cc3)C2)CC1. The molecule has 0 spiro atoms. The summed E-state index contributed by atoms with van der Waals surface area (Å²) in [4.78, 5) is 28.0. The number of nitriles is 1. The maximum Gasteiger partial charge on any atom is 0.430 e. The number of piperidine rings is 1. The second-order valence-electron chi connectivity index (χ2n) is 12.7. The van der Waals surface area contributed by atoms with Gasteiger partial charge in [-0.2, -0.15) is 31.6 Å². The van der Waals surface area contributed by atoms with Crippen LogP contribution in [0.25, 0.3) is 0 Å². The lowest BCUT2D eigenvalue weighted by molar-refractivity contribution is -0.392. The summed E-state index contributed by atoms with van der Waals surface area (Å²) >= 11 is 0. The van der Waals surface area contributed by atoms with E-state index in [1.54, 1.807) is 6.07 Å². The highest BCUT2D eigenvalue weighted by Gasteiger charge is 2.73. The Kier molecular flexibility index (Phi) is 10.9. The minimum atomic E-state index is -6.25. The standard InChI is InChI=1S/C35H30F9N3O5S/c36-25-8-10-26(11-9-25)53(50,51)32(15-19-47(21-32)31(49)22-13-17-46(18-14-22)30(48)12-16-45)23-4-6-24(7-5-23)33(34(39,40)41,35(42,43)44)52-20-27-28(37)2-1-3-29(27)38/h1-11,22H,12-15,17-21H2. The van der Waals surface area contributed by atoms with E-state index in [0.717, 1.165) is 42.5 Å². The highest BCUT2D eigenvalue weighted by atomic mass is 32.2. The van der Waals surface area contributed by atoms with Crippen LogP contribution in [0.3, 0.4) is 0 Å². The molecule has 1 unspecified atom stereocenters. The van der Waals surface area contributed by atoms with Gasteiger partial charge in [-0.15, -0.1) is 0 Å². The summed E-state index contributed by atoms with van der Waals surface area (Å²) in [6.07, 6.45) is -12.8. The molecule has 0 saturated carbocycles. The molecule has 0 bridgehead atoms. The number of hydrogen-bond acceptors (Lipinski definition) is 6. The molecule has 2 heterocycles. The normalized spacial score (nSPS) is 18.9. The van der Waals surface area contributed by atoms with Crippen molar-refractivity contribution < 1.29 is 62.3 Å². The van der Waals surface area contributed by atoms with Crippen molar-refractivity contribution in [3.8, 4) is 6.07 Å². The molecular formula is C35H30F9N3O5S. The summed E-state index contributed by atoms with van der Waals surface area (Å²) < 4.78 is 161. The minimum absolute atomic E-state index is 0.150. The van der Waals surface area contributed by atoms with Gasteiger partial charge in [-0.3, -0.25) is 9.59 Å². The Morgan fingerprint density at radius 1 is 0.830 bits per heavy atom. The Morgan fingerprint density at radius 3 is 1.92 bits per heavy atom. The number of carbonyl (C=O) groups is 2. The number of sulfone groups is 1. The highest BCUT2D eigenvalue weighted by molar-refractivity contribution is 7.92. The topological polar surface area (TPSA) is 108 Å². The molecule has 3 aromatic carbocycles. The van der Waals surface area contributed by atoms with Crippen molar-refractivity contribution in [2.24, 2.45) is 5.92 Å². The smallest absolute Gasteiger partial charge is 0.349 e. The molecule has 2 saturated heterocycles. The van der Waals surface area contributed by atoms with Crippen molar-refractivity contribution in [1.29, 1.82) is 5.26 Å². The molecule has 8 nitrogen and oxygen atoms in total. The molecular weight excluding hydrogens is 745 g/mol. The highest BCUT2D eigenvalue weighted by Crippen LogP contribution is 2.54. The number of carbonyl (C=O) groups excluding carboxylic acids is 2. The summed E-state index contributed by atoms with van der Waals surface area (Å²) in [5.41, 5.74) is -8.19. The molecule has 2 amide bonds. The molecule has 1 atom stereocenters. The van der Waals surface area contributed by atoms with Crippen LogP contribution >= 0.6 is 0 Å². The average molecular weight is 776 g/mol. The predicted octanol–water partition coefficient (Wildman–Crippen LogP) is 6.69. The third kappa shape index (κ3) is 7.20. The minimum Gasteiger partial charge on any atom is -0.349 e. The maximum atomic E-state index is 14.6. The predicted molar refractivity (Wildman–Crippen MR) is 167 cm³/mol. The second kappa shape index (κ2) is 14.7. The molecule has 0 N–H and O–H groups in total. The van der Waals surface area contributed by atoms with Crippen LogP contribution in [-0.2, 0) is 41.1 Å². The Labute approximate surface area is 297 Å². The van der Waals surface area contributed by atoms with Crippen LogP contribution in [0.15, 0.2) is 71.6 Å².